The lowest BCUT2D eigenvalue weighted by Crippen LogP contribution is -2.20. The second kappa shape index (κ2) is 5.87. The predicted molar refractivity (Wildman–Crippen MR) is 97.8 cm³/mol. The summed E-state index contributed by atoms with van der Waals surface area (Å²) in [5.74, 6) is 7.92. The van der Waals surface area contributed by atoms with Crippen LogP contribution in [0, 0.1) is 0 Å². The van der Waals surface area contributed by atoms with E-state index in [0.717, 1.165) is 22.0 Å². The molecule has 2 atom stereocenters. The molecule has 2 unspecified atom stereocenters. The Kier molecular flexibility index (Phi) is 3.85. The molecule has 2 heterocycles. The van der Waals surface area contributed by atoms with Gasteiger partial charge in [0.2, 0.25) is 0 Å². The number of hydrogen-bond donors (Lipinski definition) is 2. The first-order chi connectivity index (χ1) is 11.1. The van der Waals surface area contributed by atoms with E-state index in [1.165, 1.54) is 36.6 Å². The minimum atomic E-state index is -0.412. The summed E-state index contributed by atoms with van der Waals surface area (Å²) < 4.78 is 1.82. The molecule has 2 aliphatic rings. The van der Waals surface area contributed by atoms with Gasteiger partial charge in [-0.05, 0) is 37.3 Å². The molecule has 1 aromatic heterocycles. The minimum Gasteiger partial charge on any atom is -0.391 e. The zero-order valence-corrected chi connectivity index (χ0v) is 14.2. The molecule has 1 aliphatic carbocycles. The molecule has 0 bridgehead atoms. The first-order valence-corrected chi connectivity index (χ1v) is 9.42. The molecule has 1 fully saturated rings. The van der Waals surface area contributed by atoms with Gasteiger partial charge in [0.1, 0.15) is 5.04 Å². The second-order valence-electron chi connectivity index (χ2n) is 6.72. The van der Waals surface area contributed by atoms with Gasteiger partial charge in [0.05, 0.1) is 23.4 Å². The van der Waals surface area contributed by atoms with Gasteiger partial charge in [-0.3, -0.25) is 9.67 Å². The molecule has 122 valence electrons. The van der Waals surface area contributed by atoms with E-state index in [0.29, 0.717) is 5.92 Å². The van der Waals surface area contributed by atoms with Gasteiger partial charge < -0.3 is 10.9 Å². The monoisotopic (exact) mass is 329 g/mol. The SMILES string of the molecule is CC(O)C1CSC(c2cc3cccc(C4CCCC4)c3n2N)=N1. The van der Waals surface area contributed by atoms with Crippen LogP contribution in [0.1, 0.15) is 49.8 Å². The number of hydrogen-bond acceptors (Lipinski definition) is 4. The molecule has 0 spiro atoms. The van der Waals surface area contributed by atoms with Gasteiger partial charge in [0.15, 0.2) is 0 Å². The Labute approximate surface area is 140 Å². The third kappa shape index (κ3) is 2.56. The summed E-state index contributed by atoms with van der Waals surface area (Å²) in [6, 6.07) is 8.62. The first-order valence-electron chi connectivity index (χ1n) is 8.43. The summed E-state index contributed by atoms with van der Waals surface area (Å²) in [5.41, 5.74) is 3.50. The number of nitrogens with two attached hydrogens (primary N) is 1. The number of aliphatic hydroxyl groups excluding tert-OH is 1. The van der Waals surface area contributed by atoms with E-state index < -0.39 is 6.10 Å². The molecule has 3 N–H and O–H groups in total. The van der Waals surface area contributed by atoms with Crippen LogP contribution in [-0.2, 0) is 0 Å². The molecule has 4 rings (SSSR count). The van der Waals surface area contributed by atoms with Crippen molar-refractivity contribution in [3.8, 4) is 0 Å². The zero-order valence-electron chi connectivity index (χ0n) is 13.4. The molecule has 0 amide bonds. The summed E-state index contributed by atoms with van der Waals surface area (Å²) in [4.78, 5) is 4.67. The van der Waals surface area contributed by atoms with Crippen LogP contribution in [0.2, 0.25) is 0 Å². The topological polar surface area (TPSA) is 63.5 Å². The van der Waals surface area contributed by atoms with Gasteiger partial charge in [-0.15, -0.1) is 11.8 Å². The van der Waals surface area contributed by atoms with Crippen LogP contribution in [0.3, 0.4) is 0 Å². The number of nitrogen functional groups attached to an aromatic ring is 1. The van der Waals surface area contributed by atoms with Gasteiger partial charge in [-0.2, -0.15) is 0 Å². The van der Waals surface area contributed by atoms with Crippen LogP contribution in [0.15, 0.2) is 29.3 Å². The lowest BCUT2D eigenvalue weighted by atomic mass is 9.96. The van der Waals surface area contributed by atoms with Crippen molar-refractivity contribution in [2.45, 2.75) is 50.7 Å². The maximum absolute atomic E-state index is 9.76. The van der Waals surface area contributed by atoms with Gasteiger partial charge >= 0.3 is 0 Å². The fourth-order valence-electron chi connectivity index (χ4n) is 3.82. The number of aliphatic imine (C=N–C) groups is 1. The zero-order chi connectivity index (χ0) is 16.0. The van der Waals surface area contributed by atoms with Crippen molar-refractivity contribution in [1.82, 2.24) is 4.68 Å². The van der Waals surface area contributed by atoms with Crippen molar-refractivity contribution in [3.05, 3.63) is 35.5 Å². The van der Waals surface area contributed by atoms with E-state index in [2.05, 4.69) is 29.3 Å². The Morgan fingerprint density at radius 2 is 2.13 bits per heavy atom. The van der Waals surface area contributed by atoms with Gasteiger partial charge in [-0.1, -0.05) is 31.0 Å². The van der Waals surface area contributed by atoms with Crippen LogP contribution in [-0.4, -0.2) is 32.7 Å². The number of rotatable bonds is 3. The Hall–Kier alpha value is -1.46. The highest BCUT2D eigenvalue weighted by atomic mass is 32.2. The Balaban J connectivity index is 1.79. The molecule has 1 saturated carbocycles. The maximum atomic E-state index is 9.76. The Morgan fingerprint density at radius 3 is 2.83 bits per heavy atom. The van der Waals surface area contributed by atoms with Crippen LogP contribution < -0.4 is 5.84 Å². The van der Waals surface area contributed by atoms with Crippen molar-refractivity contribution in [2.75, 3.05) is 11.6 Å². The molecule has 5 heteroatoms. The van der Waals surface area contributed by atoms with Crippen molar-refractivity contribution >= 4 is 27.7 Å². The number of nitrogens with zero attached hydrogens (tertiary/aromatic N) is 2. The molecular formula is C18H23N3OS. The first kappa shape index (κ1) is 15.1. The van der Waals surface area contributed by atoms with Gasteiger partial charge in [-0.25, -0.2) is 0 Å². The number of fused-ring (bicyclic) bond motifs is 1. The van der Waals surface area contributed by atoms with E-state index in [4.69, 9.17) is 5.84 Å². The number of aromatic nitrogens is 1. The summed E-state index contributed by atoms with van der Waals surface area (Å²) in [5, 5.41) is 11.9. The van der Waals surface area contributed by atoms with E-state index in [-0.39, 0.29) is 6.04 Å². The highest BCUT2D eigenvalue weighted by Gasteiger charge is 2.27. The number of benzene rings is 1. The third-order valence-corrected chi connectivity index (χ3v) is 6.23. The third-order valence-electron chi connectivity index (χ3n) is 5.14. The molecular weight excluding hydrogens is 306 g/mol. The summed E-state index contributed by atoms with van der Waals surface area (Å²) in [6.07, 6.45) is 4.75. The molecule has 0 radical (unpaired) electrons. The van der Waals surface area contributed by atoms with Crippen LogP contribution in [0.25, 0.3) is 10.9 Å². The largest absolute Gasteiger partial charge is 0.391 e. The van der Waals surface area contributed by atoms with E-state index in [1.54, 1.807) is 18.7 Å². The van der Waals surface area contributed by atoms with E-state index >= 15 is 0 Å². The van der Waals surface area contributed by atoms with Crippen LogP contribution in [0.4, 0.5) is 0 Å². The maximum Gasteiger partial charge on any atom is 0.117 e. The van der Waals surface area contributed by atoms with Crippen molar-refractivity contribution in [1.29, 1.82) is 0 Å². The number of thioether (sulfide) groups is 1. The van der Waals surface area contributed by atoms with Crippen LogP contribution in [0.5, 0.6) is 0 Å². The fourth-order valence-corrected chi connectivity index (χ4v) is 5.02. The molecule has 23 heavy (non-hydrogen) atoms. The van der Waals surface area contributed by atoms with Crippen molar-refractivity contribution in [2.24, 2.45) is 4.99 Å². The number of aliphatic hydroxyl groups is 1. The lowest BCUT2D eigenvalue weighted by molar-refractivity contribution is 0.174. The average Bonchev–Trinajstić information content (AvgIpc) is 3.26. The fraction of sp³-hybridized carbons (Fsp3) is 0.500. The summed E-state index contributed by atoms with van der Waals surface area (Å²) >= 11 is 1.69. The second-order valence-corrected chi connectivity index (χ2v) is 7.73. The summed E-state index contributed by atoms with van der Waals surface area (Å²) in [6.45, 7) is 1.80. The smallest absolute Gasteiger partial charge is 0.117 e. The number of para-hydroxylation sites is 1. The predicted octanol–water partition coefficient (Wildman–Crippen LogP) is 3.26. The molecule has 1 aromatic carbocycles. The average molecular weight is 329 g/mol. The highest BCUT2D eigenvalue weighted by Crippen LogP contribution is 2.38. The lowest BCUT2D eigenvalue weighted by Gasteiger charge is -2.13. The molecule has 2 aromatic rings. The Bertz CT molecular complexity index is 759. The van der Waals surface area contributed by atoms with Crippen molar-refractivity contribution in [3.63, 3.8) is 0 Å². The minimum absolute atomic E-state index is 0.0256. The standard InChI is InChI=1S/C18H23N3OS/c1-11(22)15-10-23-18(20-15)16-9-13-7-4-8-14(17(13)21(16)19)12-5-2-3-6-12/h4,7-9,11-12,15,22H,2-3,5-6,10,19H2,1H3. The van der Waals surface area contributed by atoms with E-state index in [1.807, 2.05) is 4.68 Å². The Morgan fingerprint density at radius 1 is 1.35 bits per heavy atom. The normalized spacial score (nSPS) is 23.6. The molecule has 1 aliphatic heterocycles. The molecule has 0 saturated heterocycles. The molecule has 4 nitrogen and oxygen atoms in total. The summed E-state index contributed by atoms with van der Waals surface area (Å²) in [7, 11) is 0. The van der Waals surface area contributed by atoms with Crippen LogP contribution >= 0.6 is 11.8 Å². The van der Waals surface area contributed by atoms with Gasteiger partial charge in [0, 0.05) is 11.1 Å². The van der Waals surface area contributed by atoms with E-state index in [9.17, 15) is 5.11 Å². The highest BCUT2D eigenvalue weighted by molar-refractivity contribution is 8.14. The quantitative estimate of drug-likeness (QED) is 0.850. The van der Waals surface area contributed by atoms with Crippen molar-refractivity contribution < 1.29 is 5.11 Å². The van der Waals surface area contributed by atoms with Gasteiger partial charge in [0.25, 0.3) is 0 Å².